The predicted molar refractivity (Wildman–Crippen MR) is 120 cm³/mol. The second kappa shape index (κ2) is 10.0. The first-order valence-corrected chi connectivity index (χ1v) is 11.3. The van der Waals surface area contributed by atoms with Gasteiger partial charge >= 0.3 is 0 Å². The molecule has 1 aromatic carbocycles. The lowest BCUT2D eigenvalue weighted by molar-refractivity contribution is -0.133. The van der Waals surface area contributed by atoms with Gasteiger partial charge in [-0.25, -0.2) is 9.97 Å². The van der Waals surface area contributed by atoms with E-state index in [0.29, 0.717) is 36.1 Å². The molecule has 0 bridgehead atoms. The third-order valence-electron chi connectivity index (χ3n) is 6.44. The van der Waals surface area contributed by atoms with Crippen LogP contribution in [0.1, 0.15) is 54.6 Å². The van der Waals surface area contributed by atoms with E-state index in [2.05, 4.69) is 25.5 Å². The maximum absolute atomic E-state index is 12.8. The van der Waals surface area contributed by atoms with Crippen LogP contribution in [0, 0.1) is 0 Å². The minimum atomic E-state index is -0.219. The Hall–Kier alpha value is -2.80. The highest BCUT2D eigenvalue weighted by molar-refractivity contribution is 5.95. The number of likely N-dealkylation sites (tertiary alicyclic amines) is 1. The molecule has 0 spiro atoms. The zero-order valence-corrected chi connectivity index (χ0v) is 18.1. The van der Waals surface area contributed by atoms with E-state index >= 15 is 0 Å². The molecule has 1 saturated carbocycles. The Labute approximate surface area is 183 Å². The third-order valence-corrected chi connectivity index (χ3v) is 6.44. The van der Waals surface area contributed by atoms with E-state index in [1.165, 1.54) is 32.1 Å². The lowest BCUT2D eigenvalue weighted by Crippen LogP contribution is -2.60. The molecule has 2 N–H and O–H groups in total. The lowest BCUT2D eigenvalue weighted by Gasteiger charge is -2.46. The molecule has 1 aliphatic heterocycles. The van der Waals surface area contributed by atoms with Crippen molar-refractivity contribution < 1.29 is 9.59 Å². The van der Waals surface area contributed by atoms with Gasteiger partial charge in [0, 0.05) is 44.4 Å². The molecular formula is C24H31N5O2. The van der Waals surface area contributed by atoms with E-state index in [1.54, 1.807) is 13.2 Å². The molecule has 0 unspecified atom stereocenters. The zero-order valence-electron chi connectivity index (χ0n) is 18.1. The molecule has 2 amide bonds. The highest BCUT2D eigenvalue weighted by atomic mass is 16.2. The van der Waals surface area contributed by atoms with Crippen molar-refractivity contribution in [1.82, 2.24) is 25.5 Å². The molecule has 1 aliphatic carbocycles. The normalized spacial score (nSPS) is 19.5. The van der Waals surface area contributed by atoms with Crippen molar-refractivity contribution >= 4 is 11.8 Å². The van der Waals surface area contributed by atoms with E-state index in [-0.39, 0.29) is 17.9 Å². The minimum absolute atomic E-state index is 0.00760. The van der Waals surface area contributed by atoms with Crippen LogP contribution in [0.2, 0.25) is 0 Å². The Balaban J connectivity index is 1.40. The van der Waals surface area contributed by atoms with Crippen molar-refractivity contribution in [1.29, 1.82) is 0 Å². The fraction of sp³-hybridized carbons (Fsp3) is 0.500. The van der Waals surface area contributed by atoms with E-state index < -0.39 is 0 Å². The van der Waals surface area contributed by atoms with Gasteiger partial charge in [-0.2, -0.15) is 0 Å². The number of benzene rings is 1. The average molecular weight is 422 g/mol. The average Bonchev–Trinajstić information content (AvgIpc) is 2.79. The molecule has 0 radical (unpaired) electrons. The number of hydrogen-bond acceptors (Lipinski definition) is 5. The van der Waals surface area contributed by atoms with Crippen LogP contribution < -0.4 is 10.6 Å². The summed E-state index contributed by atoms with van der Waals surface area (Å²) < 4.78 is 0. The van der Waals surface area contributed by atoms with Gasteiger partial charge in [-0.3, -0.25) is 14.5 Å². The van der Waals surface area contributed by atoms with Gasteiger partial charge in [0.25, 0.3) is 5.91 Å². The second-order valence-electron chi connectivity index (χ2n) is 8.37. The Kier molecular flexibility index (Phi) is 6.92. The van der Waals surface area contributed by atoms with E-state index in [9.17, 15) is 9.59 Å². The van der Waals surface area contributed by atoms with Crippen LogP contribution in [0.3, 0.4) is 0 Å². The molecule has 2 aromatic rings. The van der Waals surface area contributed by atoms with Crippen LogP contribution in [0.25, 0.3) is 11.4 Å². The quantitative estimate of drug-likeness (QED) is 0.718. The van der Waals surface area contributed by atoms with Gasteiger partial charge in [0.2, 0.25) is 5.91 Å². The van der Waals surface area contributed by atoms with Crippen molar-refractivity contribution in [2.45, 2.75) is 57.0 Å². The summed E-state index contributed by atoms with van der Waals surface area (Å²) in [5.41, 5.74) is 1.99. The van der Waals surface area contributed by atoms with Crippen LogP contribution in [0.5, 0.6) is 0 Å². The van der Waals surface area contributed by atoms with E-state index in [0.717, 1.165) is 18.5 Å². The number of amides is 2. The third kappa shape index (κ3) is 4.93. The maximum atomic E-state index is 12.8. The van der Waals surface area contributed by atoms with Crippen LogP contribution in [-0.2, 0) is 11.2 Å². The van der Waals surface area contributed by atoms with Gasteiger partial charge in [-0.1, -0.05) is 49.6 Å². The highest BCUT2D eigenvalue weighted by Crippen LogP contribution is 2.30. The smallest absolute Gasteiger partial charge is 0.254 e. The number of hydrogen-bond donors (Lipinski definition) is 2. The molecule has 1 aromatic heterocycles. The fourth-order valence-corrected chi connectivity index (χ4v) is 4.62. The van der Waals surface area contributed by atoms with E-state index in [1.807, 2.05) is 30.3 Å². The maximum Gasteiger partial charge on any atom is 0.254 e. The Morgan fingerprint density at radius 3 is 2.55 bits per heavy atom. The number of aromatic nitrogens is 2. The highest BCUT2D eigenvalue weighted by Gasteiger charge is 2.38. The van der Waals surface area contributed by atoms with Crippen molar-refractivity contribution in [3.05, 3.63) is 47.8 Å². The van der Waals surface area contributed by atoms with Crippen LogP contribution in [0.4, 0.5) is 0 Å². The Morgan fingerprint density at radius 2 is 1.87 bits per heavy atom. The van der Waals surface area contributed by atoms with Crippen molar-refractivity contribution in [3.8, 4) is 11.4 Å². The molecule has 2 fully saturated rings. The zero-order chi connectivity index (χ0) is 21.6. The molecule has 2 heterocycles. The van der Waals surface area contributed by atoms with Gasteiger partial charge in [0.05, 0.1) is 17.3 Å². The van der Waals surface area contributed by atoms with Gasteiger partial charge in [-0.15, -0.1) is 0 Å². The lowest BCUT2D eigenvalue weighted by atomic mass is 9.89. The first-order chi connectivity index (χ1) is 15.2. The van der Waals surface area contributed by atoms with Gasteiger partial charge in [0.15, 0.2) is 5.82 Å². The minimum Gasteiger partial charge on any atom is -0.355 e. The standard InChI is InChI=1S/C24H31N5O2/c1-25-23(30)19-16-27-22(17-8-4-2-5-9-17)28-20(19)12-14-26-24(31)21-13-15-29(21)18-10-6-3-7-11-18/h2,4-5,8-9,16,18,21H,3,6-7,10-15H2,1H3,(H,25,30)(H,26,31)/t21-/m1/s1. The first kappa shape index (κ1) is 21.4. The molecule has 7 heteroatoms. The van der Waals surface area contributed by atoms with Crippen molar-refractivity contribution in [3.63, 3.8) is 0 Å². The largest absolute Gasteiger partial charge is 0.355 e. The van der Waals surface area contributed by atoms with Crippen molar-refractivity contribution in [2.75, 3.05) is 20.1 Å². The number of nitrogens with one attached hydrogen (secondary N) is 2. The summed E-state index contributed by atoms with van der Waals surface area (Å²) in [6, 6.07) is 10.2. The second-order valence-corrected chi connectivity index (χ2v) is 8.37. The predicted octanol–water partition coefficient (Wildman–Crippen LogP) is 2.57. The van der Waals surface area contributed by atoms with Crippen LogP contribution in [-0.4, -0.2) is 58.9 Å². The molecule has 4 rings (SSSR count). The molecular weight excluding hydrogens is 390 g/mol. The monoisotopic (exact) mass is 421 g/mol. The Morgan fingerprint density at radius 1 is 1.10 bits per heavy atom. The topological polar surface area (TPSA) is 87.2 Å². The molecule has 31 heavy (non-hydrogen) atoms. The van der Waals surface area contributed by atoms with Gasteiger partial charge < -0.3 is 10.6 Å². The number of carbonyl (C=O) groups is 2. The summed E-state index contributed by atoms with van der Waals surface area (Å²) in [6.07, 6.45) is 9.26. The summed E-state index contributed by atoms with van der Waals surface area (Å²) in [6.45, 7) is 1.47. The summed E-state index contributed by atoms with van der Waals surface area (Å²) in [5, 5.41) is 5.72. The summed E-state index contributed by atoms with van der Waals surface area (Å²) >= 11 is 0. The number of rotatable bonds is 7. The molecule has 1 atom stereocenters. The number of nitrogens with zero attached hydrogens (tertiary/aromatic N) is 3. The van der Waals surface area contributed by atoms with Crippen LogP contribution in [0.15, 0.2) is 36.5 Å². The number of carbonyl (C=O) groups excluding carboxylic acids is 2. The summed E-state index contributed by atoms with van der Waals surface area (Å²) in [5.74, 6) is 0.455. The van der Waals surface area contributed by atoms with Gasteiger partial charge in [0.1, 0.15) is 0 Å². The molecule has 164 valence electrons. The molecule has 7 nitrogen and oxygen atoms in total. The summed E-state index contributed by atoms with van der Waals surface area (Å²) in [7, 11) is 1.59. The van der Waals surface area contributed by atoms with Crippen LogP contribution >= 0.6 is 0 Å². The van der Waals surface area contributed by atoms with Crippen molar-refractivity contribution in [2.24, 2.45) is 0 Å². The summed E-state index contributed by atoms with van der Waals surface area (Å²) in [4.78, 5) is 36.4. The van der Waals surface area contributed by atoms with Gasteiger partial charge in [-0.05, 0) is 19.3 Å². The van der Waals surface area contributed by atoms with E-state index in [4.69, 9.17) is 0 Å². The molecule has 2 aliphatic rings. The Bertz CT molecular complexity index is 911. The fourth-order valence-electron chi connectivity index (χ4n) is 4.62. The first-order valence-electron chi connectivity index (χ1n) is 11.3. The molecule has 1 saturated heterocycles. The SMILES string of the molecule is CNC(=O)c1cnc(-c2ccccc2)nc1CCNC(=O)[C@H]1CCN1C1CCCCC1.